The number of fused-ring (bicyclic) bond motifs is 5. The van der Waals surface area contributed by atoms with Gasteiger partial charge in [0.15, 0.2) is 0 Å². The molecule has 6 heteroatoms. The van der Waals surface area contributed by atoms with E-state index in [4.69, 9.17) is 13.8 Å². The van der Waals surface area contributed by atoms with Crippen molar-refractivity contribution in [1.29, 1.82) is 0 Å². The summed E-state index contributed by atoms with van der Waals surface area (Å²) in [6.45, 7) is 6.42. The third-order valence-electron chi connectivity index (χ3n) is 14.2. The number of aryl methyl sites for hydroxylation is 1. The Labute approximate surface area is 424 Å². The predicted molar refractivity (Wildman–Crippen MR) is 283 cm³/mol. The maximum absolute atomic E-state index is 8.70. The Morgan fingerprint density at radius 2 is 1.24 bits per heavy atom. The second-order valence-electron chi connectivity index (χ2n) is 19.5. The molecule has 3 heterocycles. The molecule has 11 aromatic rings. The van der Waals surface area contributed by atoms with Crippen molar-refractivity contribution in [2.75, 3.05) is 0 Å². The number of rotatable bonds is 8. The monoisotopic (exact) mass is 1090 g/mol. The number of hydrogen-bond acceptors (Lipinski definition) is 2. The van der Waals surface area contributed by atoms with E-state index >= 15 is 0 Å². The van der Waals surface area contributed by atoms with Crippen molar-refractivity contribution < 1.29 is 28.2 Å². The standard InChI is InChI=1S/C64H52N4O.Pt/c1-42-27-36-57(66-41-67(60-26-15-14-25-59(60)66)63-51(44-17-8-6-9-18-44)22-16-23-52(63)45-19-10-7-11-20-45)55-38-48(32-34-50(42)55)69-49-33-35-54-53-21-12-13-24-58(53)68(61(54)39-49)62-37-43(2)56(40-65-62)46-28-30-47(31-29-46)64(3,4)5;/h6-26,28-35,37,40,42,57H,27,36H2,1-5H3;/q-2;/i2D3;. The van der Waals surface area contributed by atoms with Gasteiger partial charge < -0.3 is 0 Å². The molecule has 2 atom stereocenters. The van der Waals surface area contributed by atoms with Crippen LogP contribution in [0.1, 0.15) is 78.9 Å². The molecular weight excluding hydrogens is 1040 g/mol. The normalized spacial score (nSPS) is 15.7. The van der Waals surface area contributed by atoms with Gasteiger partial charge in [0.05, 0.1) is 0 Å². The van der Waals surface area contributed by atoms with Crippen molar-refractivity contribution in [3.05, 3.63) is 226 Å². The van der Waals surface area contributed by atoms with Gasteiger partial charge in [0.1, 0.15) is 0 Å². The van der Waals surface area contributed by atoms with Crippen molar-refractivity contribution in [2.45, 2.75) is 64.8 Å². The number of aromatic nitrogens is 4. The van der Waals surface area contributed by atoms with Crippen molar-refractivity contribution in [3.63, 3.8) is 0 Å². The van der Waals surface area contributed by atoms with E-state index in [0.717, 1.165) is 88.6 Å². The van der Waals surface area contributed by atoms with E-state index in [1.165, 1.54) is 11.1 Å². The first-order chi connectivity index (χ1) is 35.3. The number of pyridine rings is 1. The molecule has 3 aromatic heterocycles. The van der Waals surface area contributed by atoms with Gasteiger partial charge in [-0.05, 0) is 41.1 Å². The van der Waals surface area contributed by atoms with Gasteiger partial charge in [0.25, 0.3) is 0 Å². The summed E-state index contributed by atoms with van der Waals surface area (Å²) in [5.41, 5.74) is 14.8. The van der Waals surface area contributed by atoms with Crippen molar-refractivity contribution >= 4 is 32.8 Å². The number of ether oxygens (including phenoxy) is 1. The summed E-state index contributed by atoms with van der Waals surface area (Å²) in [6.07, 6.45) is 3.66. The van der Waals surface area contributed by atoms with Gasteiger partial charge in [-0.1, -0.05) is 63.2 Å². The fourth-order valence-corrected chi connectivity index (χ4v) is 11.8. The molecule has 0 radical (unpaired) electrons. The zero-order chi connectivity index (χ0) is 50.2. The van der Waals surface area contributed by atoms with E-state index in [0.29, 0.717) is 28.8 Å². The Balaban J connectivity index is 0.963. The molecule has 70 heavy (non-hydrogen) atoms. The Morgan fingerprint density at radius 3 is 1.94 bits per heavy atom. The molecule has 0 fully saturated rings. The Kier molecular flexibility index (Phi) is 10.2. The van der Waals surface area contributed by atoms with Crippen LogP contribution in [0, 0.1) is 22.8 Å². The van der Waals surface area contributed by atoms with E-state index < -0.39 is 6.85 Å². The average molecular weight is 1090 g/mol. The van der Waals surface area contributed by atoms with Crippen LogP contribution in [0.2, 0.25) is 0 Å². The zero-order valence-electron chi connectivity index (χ0n) is 42.5. The molecule has 0 aliphatic heterocycles. The quantitative estimate of drug-likeness (QED) is 0.142. The first-order valence-corrected chi connectivity index (χ1v) is 25.2. The van der Waals surface area contributed by atoms with Gasteiger partial charge in [0.2, 0.25) is 0 Å². The molecule has 5 nitrogen and oxygen atoms in total. The summed E-state index contributed by atoms with van der Waals surface area (Å²) in [5.74, 6) is 1.95. The Bertz CT molecular complexity index is 3900. The van der Waals surface area contributed by atoms with Gasteiger partial charge >= 0.3 is 302 Å². The second-order valence-corrected chi connectivity index (χ2v) is 20.5. The van der Waals surface area contributed by atoms with Crippen LogP contribution in [0.4, 0.5) is 0 Å². The number of para-hydroxylation sites is 4. The minimum Gasteiger partial charge on any atom is -0.238 e. The van der Waals surface area contributed by atoms with Gasteiger partial charge in [0, 0.05) is 15.9 Å². The van der Waals surface area contributed by atoms with Crippen LogP contribution >= 0.6 is 0 Å². The molecular formula is C64H52N4OPt-2. The van der Waals surface area contributed by atoms with E-state index in [-0.39, 0.29) is 17.0 Å². The summed E-state index contributed by atoms with van der Waals surface area (Å²) in [5, 5.41) is 1.96. The Morgan fingerprint density at radius 1 is 0.614 bits per heavy atom. The number of nitrogens with zero attached hydrogens (tertiary/aromatic N) is 4. The van der Waals surface area contributed by atoms with Crippen LogP contribution in [0.5, 0.6) is 11.5 Å². The zero-order valence-corrected chi connectivity index (χ0v) is 41.8. The number of hydrogen-bond donors (Lipinski definition) is 0. The van der Waals surface area contributed by atoms with Gasteiger partial charge in [-0.2, -0.15) is 0 Å². The molecule has 2 unspecified atom stereocenters. The predicted octanol–water partition coefficient (Wildman–Crippen LogP) is 16.5. The van der Waals surface area contributed by atoms with E-state index in [2.05, 4.69) is 202 Å². The fraction of sp³-hybridized carbons (Fsp3) is 0.156. The number of benzene rings is 8. The van der Waals surface area contributed by atoms with Crippen molar-refractivity contribution in [1.82, 2.24) is 18.7 Å². The SMILES string of the molecule is [2H]C([2H])([2H])c1cc(-n2c3[c-]c(Oc4[c-]c5c(cc4)C(C)CCC5n4[c](=[Pt])n(-c5c(-c6ccccc6)cccc5-c5ccccc5)c5ccccc54)ccc3c3ccccc32)ncc1-c1ccc(C(C)(C)C)cc1. The molecule has 0 spiro atoms. The van der Waals surface area contributed by atoms with Gasteiger partial charge in [-0.15, -0.1) is 0 Å². The summed E-state index contributed by atoms with van der Waals surface area (Å²) in [7, 11) is 0. The van der Waals surface area contributed by atoms with Crippen LogP contribution in [-0.4, -0.2) is 18.7 Å². The second kappa shape index (κ2) is 17.6. The van der Waals surface area contributed by atoms with Crippen molar-refractivity contribution in [3.8, 4) is 56.4 Å². The Hall–Kier alpha value is -7.33. The third kappa shape index (κ3) is 7.59. The molecule has 8 aromatic carbocycles. The molecule has 0 N–H and O–H groups in total. The molecule has 0 saturated carbocycles. The summed E-state index contributed by atoms with van der Waals surface area (Å²) in [4.78, 5) is 4.98. The van der Waals surface area contributed by atoms with Gasteiger partial charge in [-0.3, -0.25) is 0 Å². The minimum atomic E-state index is -2.40. The molecule has 0 amide bonds. The van der Waals surface area contributed by atoms with E-state index in [1.807, 2.05) is 47.0 Å². The topological polar surface area (TPSA) is 36.9 Å². The molecule has 1 aliphatic rings. The average Bonchev–Trinajstić information content (AvgIpc) is 3.89. The molecule has 12 rings (SSSR count). The van der Waals surface area contributed by atoms with E-state index in [1.54, 1.807) is 12.3 Å². The minimum absolute atomic E-state index is 0.0238. The first-order valence-electron chi connectivity index (χ1n) is 25.5. The summed E-state index contributed by atoms with van der Waals surface area (Å²) in [6, 6.07) is 70.5. The van der Waals surface area contributed by atoms with Crippen LogP contribution < -0.4 is 4.74 Å². The van der Waals surface area contributed by atoms with Crippen molar-refractivity contribution in [2.24, 2.45) is 0 Å². The number of imidazole rings is 1. The first kappa shape index (κ1) is 40.5. The summed E-state index contributed by atoms with van der Waals surface area (Å²) < 4.78 is 41.0. The van der Waals surface area contributed by atoms with Gasteiger partial charge in [-0.25, -0.2) is 4.98 Å². The fourth-order valence-electron chi connectivity index (χ4n) is 10.6. The maximum atomic E-state index is 8.70. The van der Waals surface area contributed by atoms with Crippen LogP contribution in [-0.2, 0) is 24.8 Å². The summed E-state index contributed by atoms with van der Waals surface area (Å²) >= 11 is 2.55. The van der Waals surface area contributed by atoms with Crippen LogP contribution in [0.15, 0.2) is 188 Å². The molecule has 346 valence electrons. The van der Waals surface area contributed by atoms with E-state index in [9.17, 15) is 0 Å². The molecule has 0 saturated heterocycles. The molecule has 1 aliphatic carbocycles. The third-order valence-corrected chi connectivity index (χ3v) is 15.2. The smallest absolute Gasteiger partial charge is 0.238 e. The van der Waals surface area contributed by atoms with Crippen LogP contribution in [0.3, 0.4) is 0 Å². The molecule has 0 bridgehead atoms. The van der Waals surface area contributed by atoms with Crippen LogP contribution in [0.25, 0.3) is 77.7 Å².